The molecule has 0 heterocycles. The number of carboxylic acids is 2. The van der Waals surface area contributed by atoms with Crippen molar-refractivity contribution in [2.75, 3.05) is 0 Å². The van der Waals surface area contributed by atoms with E-state index in [2.05, 4.69) is 13.8 Å². The Balaban J connectivity index is 4.16. The summed E-state index contributed by atoms with van der Waals surface area (Å²) in [6.45, 7) is 4.31. The van der Waals surface area contributed by atoms with E-state index in [0.717, 1.165) is 25.7 Å². The molecule has 2 N–H and O–H groups in total. The van der Waals surface area contributed by atoms with E-state index in [1.165, 1.54) is 19.3 Å². The van der Waals surface area contributed by atoms with E-state index in [1.807, 2.05) is 0 Å². The third-order valence-corrected chi connectivity index (χ3v) is 3.61. The molecule has 2 atom stereocenters. The molecule has 0 saturated carbocycles. The summed E-state index contributed by atoms with van der Waals surface area (Å²) < 4.78 is 0. The molecule has 0 amide bonds. The van der Waals surface area contributed by atoms with Gasteiger partial charge in [0.15, 0.2) is 0 Å². The Hall–Kier alpha value is -1.06. The van der Waals surface area contributed by atoms with Gasteiger partial charge in [0.05, 0.1) is 12.3 Å². The molecule has 2 unspecified atom stereocenters. The van der Waals surface area contributed by atoms with Crippen molar-refractivity contribution in [1.29, 1.82) is 0 Å². The molecule has 0 saturated heterocycles. The first-order chi connectivity index (χ1) is 9.01. The summed E-state index contributed by atoms with van der Waals surface area (Å²) in [5.74, 6) is -2.19. The van der Waals surface area contributed by atoms with Crippen LogP contribution in [0.25, 0.3) is 0 Å². The van der Waals surface area contributed by atoms with E-state index in [4.69, 9.17) is 10.2 Å². The maximum absolute atomic E-state index is 11.0. The minimum absolute atomic E-state index is 0.261. The van der Waals surface area contributed by atoms with Gasteiger partial charge in [0, 0.05) is 0 Å². The highest BCUT2D eigenvalue weighted by Gasteiger charge is 2.22. The maximum atomic E-state index is 11.0. The van der Waals surface area contributed by atoms with Crippen LogP contribution in [-0.4, -0.2) is 22.2 Å². The molecule has 0 spiro atoms. The number of hydrogen-bond acceptors (Lipinski definition) is 2. The van der Waals surface area contributed by atoms with Crippen molar-refractivity contribution in [2.45, 2.75) is 71.6 Å². The van der Waals surface area contributed by atoms with Gasteiger partial charge in [-0.2, -0.15) is 0 Å². The summed E-state index contributed by atoms with van der Waals surface area (Å²) in [4.78, 5) is 21.6. The fourth-order valence-corrected chi connectivity index (χ4v) is 2.48. The molecule has 4 nitrogen and oxygen atoms in total. The largest absolute Gasteiger partial charge is 0.481 e. The van der Waals surface area contributed by atoms with Gasteiger partial charge in [-0.25, -0.2) is 0 Å². The number of carbonyl (C=O) groups is 2. The van der Waals surface area contributed by atoms with Crippen molar-refractivity contribution in [1.82, 2.24) is 0 Å². The highest BCUT2D eigenvalue weighted by Crippen LogP contribution is 2.24. The van der Waals surface area contributed by atoms with Crippen LogP contribution in [-0.2, 0) is 9.59 Å². The molecule has 0 rings (SSSR count). The Kier molecular flexibility index (Phi) is 10.2. The fourth-order valence-electron chi connectivity index (χ4n) is 2.48. The molecule has 0 aliphatic carbocycles. The van der Waals surface area contributed by atoms with E-state index in [0.29, 0.717) is 12.3 Å². The normalized spacial score (nSPS) is 14.0. The van der Waals surface area contributed by atoms with E-state index in [9.17, 15) is 9.59 Å². The molecular formula is C15H28O4. The summed E-state index contributed by atoms with van der Waals surface area (Å²) >= 11 is 0. The van der Waals surface area contributed by atoms with Gasteiger partial charge in [-0.05, 0) is 18.8 Å². The second kappa shape index (κ2) is 10.8. The summed E-state index contributed by atoms with van der Waals surface area (Å²) in [7, 11) is 0. The Morgan fingerprint density at radius 1 is 0.895 bits per heavy atom. The standard InChI is InChI=1S/C15H28O4/c1-3-5-6-8-12(7-4-2)9-10-13(15(18)19)11-14(16)17/h12-13H,3-11H2,1-2H3,(H,16,17)(H,18,19). The van der Waals surface area contributed by atoms with Gasteiger partial charge in [-0.15, -0.1) is 0 Å². The van der Waals surface area contributed by atoms with Crippen LogP contribution in [0.15, 0.2) is 0 Å². The zero-order chi connectivity index (χ0) is 14.7. The summed E-state index contributed by atoms with van der Waals surface area (Å²) in [6.07, 6.45) is 8.02. The van der Waals surface area contributed by atoms with Crippen molar-refractivity contribution < 1.29 is 19.8 Å². The molecule has 0 aliphatic heterocycles. The quantitative estimate of drug-likeness (QED) is 0.528. The first kappa shape index (κ1) is 17.9. The SMILES string of the molecule is CCCCCC(CCC)CCC(CC(=O)O)C(=O)O. The first-order valence-corrected chi connectivity index (χ1v) is 7.45. The zero-order valence-corrected chi connectivity index (χ0v) is 12.2. The van der Waals surface area contributed by atoms with Crippen molar-refractivity contribution >= 4 is 11.9 Å². The van der Waals surface area contributed by atoms with Crippen LogP contribution in [0.3, 0.4) is 0 Å². The summed E-state index contributed by atoms with van der Waals surface area (Å²) in [6, 6.07) is 0. The monoisotopic (exact) mass is 272 g/mol. The molecular weight excluding hydrogens is 244 g/mol. The number of rotatable bonds is 12. The second-order valence-corrected chi connectivity index (χ2v) is 5.36. The number of aliphatic carboxylic acids is 2. The molecule has 0 aromatic heterocycles. The number of hydrogen-bond donors (Lipinski definition) is 2. The van der Waals surface area contributed by atoms with Crippen LogP contribution >= 0.6 is 0 Å². The molecule has 0 radical (unpaired) electrons. The Bertz CT molecular complexity index is 263. The predicted octanol–water partition coefficient (Wildman–Crippen LogP) is 3.94. The maximum Gasteiger partial charge on any atom is 0.307 e. The van der Waals surface area contributed by atoms with Crippen molar-refractivity contribution in [3.05, 3.63) is 0 Å². The third-order valence-electron chi connectivity index (χ3n) is 3.61. The third kappa shape index (κ3) is 9.51. The molecule has 0 fully saturated rings. The highest BCUT2D eigenvalue weighted by molar-refractivity contribution is 5.77. The van der Waals surface area contributed by atoms with Crippen molar-refractivity contribution in [3.8, 4) is 0 Å². The lowest BCUT2D eigenvalue weighted by Crippen LogP contribution is -2.19. The fraction of sp³-hybridized carbons (Fsp3) is 0.867. The highest BCUT2D eigenvalue weighted by atomic mass is 16.4. The molecule has 0 aromatic carbocycles. The molecule has 0 aliphatic rings. The van der Waals surface area contributed by atoms with Crippen molar-refractivity contribution in [2.24, 2.45) is 11.8 Å². The average molecular weight is 272 g/mol. The van der Waals surface area contributed by atoms with Crippen LogP contribution in [0, 0.1) is 11.8 Å². The lowest BCUT2D eigenvalue weighted by Gasteiger charge is -2.18. The van der Waals surface area contributed by atoms with Gasteiger partial charge in [0.25, 0.3) is 0 Å². The minimum atomic E-state index is -1.02. The number of unbranched alkanes of at least 4 members (excludes halogenated alkanes) is 2. The van der Waals surface area contributed by atoms with Crippen LogP contribution in [0.2, 0.25) is 0 Å². The van der Waals surface area contributed by atoms with E-state index in [-0.39, 0.29) is 6.42 Å². The molecule has 19 heavy (non-hydrogen) atoms. The van der Waals surface area contributed by atoms with Crippen LogP contribution in [0.5, 0.6) is 0 Å². The minimum Gasteiger partial charge on any atom is -0.481 e. The zero-order valence-electron chi connectivity index (χ0n) is 12.2. The first-order valence-electron chi connectivity index (χ1n) is 7.45. The Morgan fingerprint density at radius 2 is 1.58 bits per heavy atom. The Labute approximate surface area is 116 Å². The van der Waals surface area contributed by atoms with Gasteiger partial charge >= 0.3 is 11.9 Å². The summed E-state index contributed by atoms with van der Waals surface area (Å²) in [5.41, 5.74) is 0. The Morgan fingerprint density at radius 3 is 2.05 bits per heavy atom. The lowest BCUT2D eigenvalue weighted by atomic mass is 9.88. The van der Waals surface area contributed by atoms with E-state index in [1.54, 1.807) is 0 Å². The van der Waals surface area contributed by atoms with Gasteiger partial charge in [0.2, 0.25) is 0 Å². The van der Waals surface area contributed by atoms with Crippen LogP contribution in [0.1, 0.15) is 71.6 Å². The van der Waals surface area contributed by atoms with Gasteiger partial charge < -0.3 is 10.2 Å². The van der Waals surface area contributed by atoms with Gasteiger partial charge in [-0.3, -0.25) is 9.59 Å². The topological polar surface area (TPSA) is 74.6 Å². The molecule has 0 bridgehead atoms. The van der Waals surface area contributed by atoms with Crippen molar-refractivity contribution in [3.63, 3.8) is 0 Å². The van der Waals surface area contributed by atoms with Gasteiger partial charge in [0.1, 0.15) is 0 Å². The predicted molar refractivity (Wildman–Crippen MR) is 75.2 cm³/mol. The smallest absolute Gasteiger partial charge is 0.307 e. The van der Waals surface area contributed by atoms with E-state index < -0.39 is 17.9 Å². The van der Waals surface area contributed by atoms with E-state index >= 15 is 0 Å². The molecule has 4 heteroatoms. The number of carboxylic acid groups (broad SMARTS) is 2. The second-order valence-electron chi connectivity index (χ2n) is 5.36. The molecule has 112 valence electrons. The lowest BCUT2D eigenvalue weighted by molar-refractivity contribution is -0.148. The average Bonchev–Trinajstić information content (AvgIpc) is 2.33. The van der Waals surface area contributed by atoms with Gasteiger partial charge in [-0.1, -0.05) is 52.4 Å². The summed E-state index contributed by atoms with van der Waals surface area (Å²) in [5, 5.41) is 17.7. The van der Waals surface area contributed by atoms with Crippen LogP contribution < -0.4 is 0 Å². The van der Waals surface area contributed by atoms with Crippen LogP contribution in [0.4, 0.5) is 0 Å². The molecule has 0 aromatic rings.